The van der Waals surface area contributed by atoms with Crippen LogP contribution in [0.4, 0.5) is 5.69 Å². The summed E-state index contributed by atoms with van der Waals surface area (Å²) in [5.74, 6) is -0.448. The highest BCUT2D eigenvalue weighted by atomic mass is 35.5. The smallest absolute Gasteiger partial charge is 0.257 e. The number of hydrogen-bond acceptors (Lipinski definition) is 5. The van der Waals surface area contributed by atoms with Crippen LogP contribution in [0.25, 0.3) is 15.1 Å². The first-order valence-corrected chi connectivity index (χ1v) is 11.9. The molecule has 7 nitrogen and oxygen atoms in total. The Bertz CT molecular complexity index is 1470. The highest BCUT2D eigenvalue weighted by molar-refractivity contribution is 7.18. The number of carbonyl (C=O) groups excluding carboxylic acids is 1. The van der Waals surface area contributed by atoms with Gasteiger partial charge in [0.05, 0.1) is 25.2 Å². The molecule has 2 heterocycles. The van der Waals surface area contributed by atoms with Gasteiger partial charge in [-0.1, -0.05) is 48.0 Å². The maximum Gasteiger partial charge on any atom is 0.257 e. The van der Waals surface area contributed by atoms with E-state index in [0.717, 1.165) is 15.3 Å². The Labute approximate surface area is 211 Å². The summed E-state index contributed by atoms with van der Waals surface area (Å²) in [5, 5.41) is 14.2. The number of ether oxygens (including phenoxy) is 1. The topological polar surface area (TPSA) is 84.9 Å². The quantitative estimate of drug-likeness (QED) is 0.329. The van der Waals surface area contributed by atoms with Crippen LogP contribution in [0.1, 0.15) is 32.5 Å². The first-order chi connectivity index (χ1) is 16.9. The van der Waals surface area contributed by atoms with Crippen molar-refractivity contribution < 1.29 is 14.6 Å². The van der Waals surface area contributed by atoms with Crippen LogP contribution in [-0.2, 0) is 24.9 Å². The minimum Gasteiger partial charge on any atom is -0.386 e. The third-order valence-electron chi connectivity index (χ3n) is 5.41. The summed E-state index contributed by atoms with van der Waals surface area (Å²) in [6, 6.07) is 15.6. The van der Waals surface area contributed by atoms with E-state index in [4.69, 9.17) is 22.9 Å². The van der Waals surface area contributed by atoms with Gasteiger partial charge in [-0.15, -0.1) is 11.3 Å². The average Bonchev–Trinajstić information content (AvgIpc) is 3.31. The van der Waals surface area contributed by atoms with Crippen LogP contribution in [0.15, 0.2) is 65.6 Å². The van der Waals surface area contributed by atoms with E-state index in [1.807, 2.05) is 12.1 Å². The molecule has 0 spiro atoms. The van der Waals surface area contributed by atoms with Crippen molar-refractivity contribution in [3.63, 3.8) is 0 Å². The van der Waals surface area contributed by atoms with Gasteiger partial charge in [-0.25, -0.2) is 4.85 Å². The number of nitrogens with zero attached hydrogens (tertiary/aromatic N) is 2. The number of aromatic nitrogens is 1. The van der Waals surface area contributed by atoms with Gasteiger partial charge in [0.15, 0.2) is 5.69 Å². The number of nitrogens with one attached hydrogen (secondary N) is 1. The van der Waals surface area contributed by atoms with Gasteiger partial charge in [-0.05, 0) is 29.3 Å². The molecule has 0 unspecified atom stereocenters. The van der Waals surface area contributed by atoms with Crippen molar-refractivity contribution in [2.24, 2.45) is 7.05 Å². The number of carbonyl (C=O) groups is 1. The zero-order valence-electron chi connectivity index (χ0n) is 18.8. The fourth-order valence-electron chi connectivity index (χ4n) is 3.59. The number of amides is 1. The predicted octanol–water partition coefficient (Wildman–Crippen LogP) is 4.98. The van der Waals surface area contributed by atoms with Crippen molar-refractivity contribution in [2.75, 3.05) is 6.61 Å². The number of pyridine rings is 1. The summed E-state index contributed by atoms with van der Waals surface area (Å²) in [7, 11) is 1.78. The van der Waals surface area contributed by atoms with Crippen molar-refractivity contribution in [1.29, 1.82) is 0 Å². The van der Waals surface area contributed by atoms with Crippen molar-refractivity contribution in [3.05, 3.63) is 109 Å². The van der Waals surface area contributed by atoms with Crippen LogP contribution < -0.4 is 10.7 Å². The lowest BCUT2D eigenvalue weighted by Gasteiger charge is -2.11. The molecule has 0 saturated heterocycles. The summed E-state index contributed by atoms with van der Waals surface area (Å²) in [6.07, 6.45) is 0.671. The van der Waals surface area contributed by atoms with Crippen molar-refractivity contribution in [3.8, 4) is 0 Å². The van der Waals surface area contributed by atoms with Gasteiger partial charge < -0.3 is 19.7 Å². The maximum atomic E-state index is 13.0. The molecular formula is C26H22ClN3O4S. The monoisotopic (exact) mass is 507 g/mol. The maximum absolute atomic E-state index is 13.0. The summed E-state index contributed by atoms with van der Waals surface area (Å²) >= 11 is 7.29. The summed E-state index contributed by atoms with van der Waals surface area (Å²) < 4.78 is 7.43. The van der Waals surface area contributed by atoms with Crippen LogP contribution >= 0.6 is 22.9 Å². The largest absolute Gasteiger partial charge is 0.386 e. The summed E-state index contributed by atoms with van der Waals surface area (Å²) in [6.45, 7) is 7.62. The molecule has 0 aliphatic rings. The molecule has 4 aromatic rings. The van der Waals surface area contributed by atoms with Gasteiger partial charge in [-0.2, -0.15) is 0 Å². The van der Waals surface area contributed by atoms with Crippen molar-refractivity contribution in [2.45, 2.75) is 19.3 Å². The number of hydrogen-bond donors (Lipinski definition) is 2. The zero-order chi connectivity index (χ0) is 24.9. The Hall–Kier alpha value is -3.48. The van der Waals surface area contributed by atoms with E-state index in [2.05, 4.69) is 10.2 Å². The van der Waals surface area contributed by atoms with Gasteiger partial charge in [-0.3, -0.25) is 9.59 Å². The van der Waals surface area contributed by atoms with Gasteiger partial charge >= 0.3 is 0 Å². The third kappa shape index (κ3) is 5.78. The van der Waals surface area contributed by atoms with Crippen molar-refractivity contribution >= 4 is 44.7 Å². The molecule has 4 rings (SSSR count). The molecule has 2 N–H and O–H groups in total. The summed E-state index contributed by atoms with van der Waals surface area (Å²) in [4.78, 5) is 30.6. The number of aliphatic hydroxyl groups is 1. The molecule has 0 saturated carbocycles. The highest BCUT2D eigenvalue weighted by Crippen LogP contribution is 2.25. The molecule has 178 valence electrons. The van der Waals surface area contributed by atoms with E-state index in [0.29, 0.717) is 21.7 Å². The lowest BCUT2D eigenvalue weighted by molar-refractivity contribution is 0.0288. The van der Waals surface area contributed by atoms with E-state index in [9.17, 15) is 14.7 Å². The molecule has 2 aromatic carbocycles. The Morgan fingerprint density at radius 1 is 1.26 bits per heavy atom. The second-order valence-corrected chi connectivity index (χ2v) is 9.51. The fourth-order valence-corrected chi connectivity index (χ4v) is 4.75. The van der Waals surface area contributed by atoms with E-state index in [1.165, 1.54) is 17.5 Å². The number of aliphatic hydroxyl groups excluding tert-OH is 1. The van der Waals surface area contributed by atoms with E-state index in [-0.39, 0.29) is 30.8 Å². The molecule has 0 radical (unpaired) electrons. The predicted molar refractivity (Wildman–Crippen MR) is 137 cm³/mol. The molecule has 0 bridgehead atoms. The minimum absolute atomic E-state index is 0.0460. The number of fused-ring (bicyclic) bond motifs is 1. The van der Waals surface area contributed by atoms with Gasteiger partial charge in [0, 0.05) is 29.7 Å². The minimum atomic E-state index is -0.867. The second-order valence-electron chi connectivity index (χ2n) is 7.96. The molecule has 35 heavy (non-hydrogen) atoms. The van der Waals surface area contributed by atoms with Gasteiger partial charge in [0.25, 0.3) is 5.91 Å². The standard InChI is InChI=1S/C26H22ClN3O4S/c1-28-19-5-3-4-17(10-19)23(31)15-34-14-20-11-21-24(32)22(13-30(2)26(21)35-20)25(33)29-12-16-6-8-18(27)9-7-16/h3-11,13,23,31H,12,14-15H2,2H3,(H,29,33)/t23-/m1/s1. The number of rotatable bonds is 8. The second kappa shape index (κ2) is 10.8. The van der Waals surface area contributed by atoms with Crippen LogP contribution in [0.2, 0.25) is 5.02 Å². The Balaban J connectivity index is 1.43. The highest BCUT2D eigenvalue weighted by Gasteiger charge is 2.17. The van der Waals surface area contributed by atoms with Gasteiger partial charge in [0.1, 0.15) is 16.5 Å². The molecule has 1 atom stereocenters. The first kappa shape index (κ1) is 24.6. The van der Waals surface area contributed by atoms with E-state index in [1.54, 1.807) is 54.1 Å². The van der Waals surface area contributed by atoms with Crippen LogP contribution in [-0.4, -0.2) is 22.2 Å². The van der Waals surface area contributed by atoms with Crippen molar-refractivity contribution in [1.82, 2.24) is 9.88 Å². The Morgan fingerprint density at radius 3 is 2.77 bits per heavy atom. The van der Waals surface area contributed by atoms with E-state index < -0.39 is 12.0 Å². The zero-order valence-corrected chi connectivity index (χ0v) is 20.4. The lowest BCUT2D eigenvalue weighted by Crippen LogP contribution is -2.29. The van der Waals surface area contributed by atoms with Crippen LogP contribution in [0.3, 0.4) is 0 Å². The number of benzene rings is 2. The number of thiophene rings is 1. The SMILES string of the molecule is [C-]#[N+]c1cccc([C@H](O)COCc2cc3c(=O)c(C(=O)NCc4ccc(Cl)cc4)cn(C)c3s2)c1. The van der Waals surface area contributed by atoms with Crippen LogP contribution in [0.5, 0.6) is 0 Å². The molecule has 0 fully saturated rings. The van der Waals surface area contributed by atoms with Gasteiger partial charge in [0.2, 0.25) is 5.43 Å². The molecule has 9 heteroatoms. The molecule has 1 amide bonds. The number of halogens is 1. The molecular weight excluding hydrogens is 486 g/mol. The first-order valence-electron chi connectivity index (χ1n) is 10.7. The molecule has 2 aromatic heterocycles. The fraction of sp³-hybridized carbons (Fsp3) is 0.192. The van der Waals surface area contributed by atoms with E-state index >= 15 is 0 Å². The average molecular weight is 508 g/mol. The third-order valence-corrected chi connectivity index (χ3v) is 6.86. The van der Waals surface area contributed by atoms with Crippen LogP contribution in [0, 0.1) is 6.57 Å². The summed E-state index contributed by atoms with van der Waals surface area (Å²) in [5.41, 5.74) is 1.66. The normalized spacial score (nSPS) is 11.8. The molecule has 0 aliphatic carbocycles. The lowest BCUT2D eigenvalue weighted by atomic mass is 10.1. The number of aryl methyl sites for hydroxylation is 1. The Morgan fingerprint density at radius 2 is 2.03 bits per heavy atom. The molecule has 0 aliphatic heterocycles. The Kier molecular flexibility index (Phi) is 7.63.